The molecule has 2 aromatic heterocycles. The number of hydrogen-bond donors (Lipinski definition) is 0. The molecule has 2 nitrogen and oxygen atoms in total. The molecular formula is C27H19ClN2. The second-order valence-corrected chi connectivity index (χ2v) is 8.04. The maximum absolute atomic E-state index is 6.96. The smallest absolute Gasteiger partial charge is 0.0734 e. The van der Waals surface area contributed by atoms with Crippen LogP contribution in [-0.2, 0) is 6.54 Å². The first-order valence-electron chi connectivity index (χ1n) is 10.1. The third kappa shape index (κ3) is 2.58. The first kappa shape index (κ1) is 17.4. The molecule has 0 unspecified atom stereocenters. The molecule has 0 aliphatic rings. The topological polar surface area (TPSA) is 9.86 Å². The van der Waals surface area contributed by atoms with E-state index < -0.39 is 0 Å². The predicted octanol–water partition coefficient (Wildman–Crippen LogP) is 7.44. The summed E-state index contributed by atoms with van der Waals surface area (Å²) in [6.45, 7) is 0.823. The van der Waals surface area contributed by atoms with Crippen LogP contribution in [0.25, 0.3) is 38.4 Å². The third-order valence-electron chi connectivity index (χ3n) is 5.85. The Balaban J connectivity index is 1.69. The van der Waals surface area contributed by atoms with Crippen molar-refractivity contribution in [3.05, 3.63) is 114 Å². The van der Waals surface area contributed by atoms with Crippen LogP contribution in [0.3, 0.4) is 0 Å². The van der Waals surface area contributed by atoms with Gasteiger partial charge in [-0.25, -0.2) is 0 Å². The fourth-order valence-electron chi connectivity index (χ4n) is 4.55. The monoisotopic (exact) mass is 406 g/mol. The van der Waals surface area contributed by atoms with Crippen LogP contribution in [0.1, 0.15) is 5.56 Å². The molecular weight excluding hydrogens is 388 g/mol. The van der Waals surface area contributed by atoms with Gasteiger partial charge >= 0.3 is 0 Å². The van der Waals surface area contributed by atoms with Crippen molar-refractivity contribution in [2.24, 2.45) is 0 Å². The Morgan fingerprint density at radius 3 is 2.13 bits per heavy atom. The van der Waals surface area contributed by atoms with Crippen LogP contribution in [-0.4, -0.2) is 9.13 Å². The Labute approximate surface area is 179 Å². The zero-order valence-electron chi connectivity index (χ0n) is 16.3. The van der Waals surface area contributed by atoms with E-state index in [4.69, 9.17) is 11.6 Å². The van der Waals surface area contributed by atoms with Crippen LogP contribution in [0.2, 0.25) is 5.02 Å². The maximum Gasteiger partial charge on any atom is 0.0734 e. The number of nitrogens with zero attached hydrogens (tertiary/aromatic N) is 2. The molecule has 0 bridgehead atoms. The normalized spacial score (nSPS) is 11.6. The van der Waals surface area contributed by atoms with Gasteiger partial charge in [0.15, 0.2) is 0 Å². The number of rotatable bonds is 3. The van der Waals surface area contributed by atoms with Crippen molar-refractivity contribution in [3.8, 4) is 5.69 Å². The molecule has 0 aliphatic carbocycles. The highest BCUT2D eigenvalue weighted by molar-refractivity contribution is 6.39. The molecule has 6 rings (SSSR count). The van der Waals surface area contributed by atoms with Gasteiger partial charge in [-0.2, -0.15) is 0 Å². The summed E-state index contributed by atoms with van der Waals surface area (Å²) in [5.41, 5.74) is 5.79. The second kappa shape index (κ2) is 6.79. The lowest BCUT2D eigenvalue weighted by Crippen LogP contribution is -1.98. The molecule has 144 valence electrons. The summed E-state index contributed by atoms with van der Waals surface area (Å²) in [4.78, 5) is 0. The van der Waals surface area contributed by atoms with E-state index in [1.54, 1.807) is 0 Å². The van der Waals surface area contributed by atoms with Crippen LogP contribution in [0.4, 0.5) is 0 Å². The van der Waals surface area contributed by atoms with E-state index in [9.17, 15) is 0 Å². The van der Waals surface area contributed by atoms with Gasteiger partial charge in [0.05, 0.1) is 21.6 Å². The molecule has 0 atom stereocenters. The molecule has 3 heteroatoms. The number of halogens is 1. The van der Waals surface area contributed by atoms with E-state index in [1.165, 1.54) is 27.2 Å². The van der Waals surface area contributed by atoms with Crippen molar-refractivity contribution in [1.29, 1.82) is 0 Å². The summed E-state index contributed by atoms with van der Waals surface area (Å²) in [5, 5.41) is 4.44. The van der Waals surface area contributed by atoms with Gasteiger partial charge in [-0.15, -0.1) is 0 Å². The summed E-state index contributed by atoms with van der Waals surface area (Å²) >= 11 is 6.96. The highest BCUT2D eigenvalue weighted by Gasteiger charge is 2.19. The van der Waals surface area contributed by atoms with Gasteiger partial charge in [0.25, 0.3) is 0 Å². The number of para-hydroxylation sites is 2. The number of benzene rings is 4. The molecule has 0 fully saturated rings. The summed E-state index contributed by atoms with van der Waals surface area (Å²) < 4.78 is 4.56. The molecule has 0 saturated heterocycles. The fraction of sp³-hybridized carbons (Fsp3) is 0.0370. The molecule has 0 saturated carbocycles. The van der Waals surface area contributed by atoms with Crippen molar-refractivity contribution >= 4 is 44.3 Å². The zero-order valence-corrected chi connectivity index (χ0v) is 17.1. The SMILES string of the molecule is Clc1cc2c(ccn2Cc2ccccc2)c2c3ccccc3n(-c3ccccc3)c12. The molecule has 30 heavy (non-hydrogen) atoms. The van der Waals surface area contributed by atoms with Gasteiger partial charge in [0.2, 0.25) is 0 Å². The van der Waals surface area contributed by atoms with E-state index in [1.807, 2.05) is 6.07 Å². The van der Waals surface area contributed by atoms with Crippen molar-refractivity contribution < 1.29 is 0 Å². The maximum atomic E-state index is 6.96. The van der Waals surface area contributed by atoms with E-state index >= 15 is 0 Å². The van der Waals surface area contributed by atoms with E-state index in [-0.39, 0.29) is 0 Å². The quantitative estimate of drug-likeness (QED) is 0.289. The minimum Gasteiger partial charge on any atom is -0.343 e. The molecule has 0 spiro atoms. The Bertz CT molecular complexity index is 1510. The summed E-state index contributed by atoms with van der Waals surface area (Å²) in [6, 6.07) is 33.9. The zero-order chi connectivity index (χ0) is 20.1. The van der Waals surface area contributed by atoms with Gasteiger partial charge in [-0.05, 0) is 35.9 Å². The molecule has 2 heterocycles. The average Bonchev–Trinajstić information content (AvgIpc) is 3.34. The van der Waals surface area contributed by atoms with Crippen molar-refractivity contribution in [1.82, 2.24) is 9.13 Å². The minimum absolute atomic E-state index is 0.769. The lowest BCUT2D eigenvalue weighted by molar-refractivity contribution is 0.837. The van der Waals surface area contributed by atoms with E-state index in [0.29, 0.717) is 0 Å². The Kier molecular flexibility index (Phi) is 3.93. The summed E-state index contributed by atoms with van der Waals surface area (Å²) in [5.74, 6) is 0. The van der Waals surface area contributed by atoms with Crippen LogP contribution in [0.15, 0.2) is 103 Å². The first-order valence-corrected chi connectivity index (χ1v) is 10.5. The Morgan fingerprint density at radius 1 is 0.667 bits per heavy atom. The lowest BCUT2D eigenvalue weighted by Gasteiger charge is -2.10. The van der Waals surface area contributed by atoms with Crippen molar-refractivity contribution in [3.63, 3.8) is 0 Å². The highest BCUT2D eigenvalue weighted by atomic mass is 35.5. The predicted molar refractivity (Wildman–Crippen MR) is 127 cm³/mol. The molecule has 4 aromatic carbocycles. The minimum atomic E-state index is 0.769. The van der Waals surface area contributed by atoms with Gasteiger partial charge in [0.1, 0.15) is 0 Å². The van der Waals surface area contributed by atoms with Gasteiger partial charge in [0, 0.05) is 34.6 Å². The Morgan fingerprint density at radius 2 is 1.33 bits per heavy atom. The second-order valence-electron chi connectivity index (χ2n) is 7.63. The molecule has 0 N–H and O–H groups in total. The summed E-state index contributed by atoms with van der Waals surface area (Å²) in [7, 11) is 0. The molecule has 6 aromatic rings. The van der Waals surface area contributed by atoms with Gasteiger partial charge in [-0.1, -0.05) is 78.3 Å². The third-order valence-corrected chi connectivity index (χ3v) is 6.14. The largest absolute Gasteiger partial charge is 0.343 e. The molecule has 0 amide bonds. The van der Waals surface area contributed by atoms with Gasteiger partial charge in [-0.3, -0.25) is 0 Å². The van der Waals surface area contributed by atoms with Crippen LogP contribution in [0, 0.1) is 0 Å². The van der Waals surface area contributed by atoms with Crippen molar-refractivity contribution in [2.75, 3.05) is 0 Å². The summed E-state index contributed by atoms with van der Waals surface area (Å²) in [6.07, 6.45) is 2.17. The van der Waals surface area contributed by atoms with Gasteiger partial charge < -0.3 is 9.13 Å². The first-order chi connectivity index (χ1) is 14.8. The average molecular weight is 407 g/mol. The standard InChI is InChI=1S/C27H19ClN2/c28-23-17-25-22(15-16-29(25)18-19-9-3-1-4-10-19)26-21-13-7-8-14-24(21)30(27(23)26)20-11-5-2-6-12-20/h1-17H,18H2. The van der Waals surface area contributed by atoms with Crippen molar-refractivity contribution in [2.45, 2.75) is 6.54 Å². The number of fused-ring (bicyclic) bond motifs is 5. The highest BCUT2D eigenvalue weighted by Crippen LogP contribution is 2.41. The number of hydrogen-bond acceptors (Lipinski definition) is 0. The number of aromatic nitrogens is 2. The van der Waals surface area contributed by atoms with Crippen LogP contribution < -0.4 is 0 Å². The van der Waals surface area contributed by atoms with E-state index in [2.05, 4.69) is 106 Å². The fourth-order valence-corrected chi connectivity index (χ4v) is 4.83. The Hall–Kier alpha value is -3.49. The van der Waals surface area contributed by atoms with E-state index in [0.717, 1.165) is 28.3 Å². The molecule has 0 aliphatic heterocycles. The van der Waals surface area contributed by atoms with Crippen LogP contribution >= 0.6 is 11.6 Å². The lowest BCUT2D eigenvalue weighted by atomic mass is 10.1. The molecule has 0 radical (unpaired) electrons. The van der Waals surface area contributed by atoms with Crippen LogP contribution in [0.5, 0.6) is 0 Å².